The molecule has 2 fully saturated rings. The second-order valence-electron chi connectivity index (χ2n) is 8.77. The van der Waals surface area contributed by atoms with Gasteiger partial charge in [0.15, 0.2) is 5.01 Å². The maximum Gasteiger partial charge on any atom is 0.280 e. The van der Waals surface area contributed by atoms with Crippen LogP contribution < -0.4 is 10.1 Å². The van der Waals surface area contributed by atoms with Crippen molar-refractivity contribution in [2.45, 2.75) is 25.8 Å². The third kappa shape index (κ3) is 5.95. The number of nitrogens with zero attached hydrogens (tertiary/aromatic N) is 4. The maximum atomic E-state index is 13.5. The fourth-order valence-corrected chi connectivity index (χ4v) is 4.48. The van der Waals surface area contributed by atoms with Crippen molar-refractivity contribution < 1.29 is 27.8 Å². The third-order valence-corrected chi connectivity index (χ3v) is 6.77. The minimum Gasteiger partial charge on any atom is -0.494 e. The number of pyridine rings is 1. The summed E-state index contributed by atoms with van der Waals surface area (Å²) in [5.41, 5.74) is 1.07. The number of anilines is 1. The van der Waals surface area contributed by atoms with E-state index in [0.29, 0.717) is 35.2 Å². The summed E-state index contributed by atoms with van der Waals surface area (Å²) in [5.74, 6) is 6.02. The zero-order chi connectivity index (χ0) is 26.6. The Morgan fingerprint density at radius 2 is 2.13 bits per heavy atom. The molecule has 2 aromatic heterocycles. The van der Waals surface area contributed by atoms with Crippen molar-refractivity contribution in [2.24, 2.45) is 5.92 Å². The number of aromatic nitrogens is 3. The van der Waals surface area contributed by atoms with Gasteiger partial charge in [0.05, 0.1) is 19.9 Å². The van der Waals surface area contributed by atoms with Gasteiger partial charge in [-0.05, 0) is 48.1 Å². The lowest BCUT2D eigenvalue weighted by molar-refractivity contribution is -0.143. The first-order chi connectivity index (χ1) is 18.4. The van der Waals surface area contributed by atoms with Crippen LogP contribution in [-0.4, -0.2) is 58.8 Å². The molecular weight excluding hydrogens is 516 g/mol. The van der Waals surface area contributed by atoms with Crippen molar-refractivity contribution in [1.82, 2.24) is 20.1 Å². The molecule has 1 N–H and O–H groups in total. The molecule has 0 spiro atoms. The van der Waals surface area contributed by atoms with E-state index < -0.39 is 18.0 Å². The van der Waals surface area contributed by atoms with Gasteiger partial charge in [-0.2, -0.15) is 0 Å². The summed E-state index contributed by atoms with van der Waals surface area (Å²) in [6.07, 6.45) is 0.550. The summed E-state index contributed by atoms with van der Waals surface area (Å²) in [7, 11) is 1.39. The molecule has 1 aromatic carbocycles. The Balaban J connectivity index is 1.49. The average Bonchev–Trinajstić information content (AvgIpc) is 3.65. The van der Waals surface area contributed by atoms with Crippen molar-refractivity contribution in [3.05, 3.63) is 52.3 Å². The number of amides is 2. The molecule has 3 aromatic rings. The second-order valence-corrected chi connectivity index (χ2v) is 9.75. The number of rotatable bonds is 7. The van der Waals surface area contributed by atoms with Crippen LogP contribution >= 0.6 is 11.3 Å². The quantitative estimate of drug-likeness (QED) is 0.454. The van der Waals surface area contributed by atoms with Crippen molar-refractivity contribution in [1.29, 1.82) is 0 Å². The molecule has 0 radical (unpaired) electrons. The van der Waals surface area contributed by atoms with Crippen molar-refractivity contribution in [2.75, 3.05) is 32.2 Å². The number of carbonyl (C=O) groups is 2. The highest BCUT2D eigenvalue weighted by Gasteiger charge is 2.23. The Hall–Kier alpha value is -3.95. The normalized spacial score (nSPS) is 15.3. The first kappa shape index (κ1) is 25.7. The first-order valence-corrected chi connectivity index (χ1v) is 12.7. The number of carbonyl (C=O) groups excluding carboxylic acids is 2. The minimum atomic E-state index is -2.82. The Labute approximate surface area is 221 Å². The highest BCUT2D eigenvalue weighted by molar-refractivity contribution is 7.15. The van der Waals surface area contributed by atoms with Crippen LogP contribution in [0.25, 0.3) is 11.1 Å². The van der Waals surface area contributed by atoms with Crippen LogP contribution in [0.5, 0.6) is 5.75 Å². The van der Waals surface area contributed by atoms with Crippen LogP contribution in [0.3, 0.4) is 0 Å². The second kappa shape index (κ2) is 11.2. The molecule has 1 aliphatic heterocycles. The van der Waals surface area contributed by atoms with Crippen molar-refractivity contribution in [3.63, 3.8) is 0 Å². The molecular formula is C26H23F2N5O4S. The fourth-order valence-electron chi connectivity index (χ4n) is 3.88. The van der Waals surface area contributed by atoms with Crippen molar-refractivity contribution in [3.8, 4) is 28.7 Å². The van der Waals surface area contributed by atoms with E-state index in [1.54, 1.807) is 23.1 Å². The monoisotopic (exact) mass is 539 g/mol. The van der Waals surface area contributed by atoms with Gasteiger partial charge in [0.2, 0.25) is 11.0 Å². The van der Waals surface area contributed by atoms with Gasteiger partial charge in [-0.3, -0.25) is 19.9 Å². The molecule has 0 unspecified atom stereocenters. The van der Waals surface area contributed by atoms with Crippen LogP contribution in [0.4, 0.5) is 13.9 Å². The summed E-state index contributed by atoms with van der Waals surface area (Å²) >= 11 is 1.15. The summed E-state index contributed by atoms with van der Waals surface area (Å²) in [4.78, 5) is 31.0. The number of hydrogen-bond acceptors (Lipinski definition) is 8. The molecule has 1 saturated carbocycles. The molecule has 5 rings (SSSR count). The van der Waals surface area contributed by atoms with Crippen LogP contribution in [0.15, 0.2) is 30.5 Å². The van der Waals surface area contributed by atoms with Gasteiger partial charge < -0.3 is 14.4 Å². The number of morpholine rings is 1. The van der Waals surface area contributed by atoms with E-state index in [0.717, 1.165) is 24.2 Å². The van der Waals surface area contributed by atoms with Crippen LogP contribution in [0.1, 0.15) is 45.9 Å². The molecule has 1 aliphatic carbocycles. The Morgan fingerprint density at radius 1 is 1.29 bits per heavy atom. The van der Waals surface area contributed by atoms with Gasteiger partial charge in [0.25, 0.3) is 12.3 Å². The summed E-state index contributed by atoms with van der Waals surface area (Å²) in [5, 5.41) is 11.5. The maximum absolute atomic E-state index is 13.5. The van der Waals surface area contributed by atoms with Crippen LogP contribution in [0, 0.1) is 17.8 Å². The largest absolute Gasteiger partial charge is 0.494 e. The predicted molar refractivity (Wildman–Crippen MR) is 135 cm³/mol. The first-order valence-electron chi connectivity index (χ1n) is 11.9. The topological polar surface area (TPSA) is 107 Å². The highest BCUT2D eigenvalue weighted by atomic mass is 32.1. The van der Waals surface area contributed by atoms with Crippen LogP contribution in [0.2, 0.25) is 0 Å². The standard InChI is InChI=1S/C26H23F2N5O4S/c1-36-21-12-29-20(24(27)28)11-19(21)18-10-16(13-33-8-9-37-14-23(33)34)4-6-17(18)25(35)30-26-32-31-22(38-26)7-5-15-2-3-15/h4,6,10-12,15,24H,2-3,8-9,13-14H2,1H3,(H,30,32,35). The van der Waals surface area contributed by atoms with E-state index in [9.17, 15) is 18.4 Å². The van der Waals surface area contributed by atoms with E-state index in [4.69, 9.17) is 9.47 Å². The molecule has 9 nitrogen and oxygen atoms in total. The van der Waals surface area contributed by atoms with Gasteiger partial charge in [-0.25, -0.2) is 8.78 Å². The lowest BCUT2D eigenvalue weighted by Gasteiger charge is -2.27. The molecule has 1 saturated heterocycles. The Bertz CT molecular complexity index is 1430. The minimum absolute atomic E-state index is 0.00184. The number of hydrogen-bond donors (Lipinski definition) is 1. The Morgan fingerprint density at radius 3 is 2.87 bits per heavy atom. The van der Waals surface area contributed by atoms with E-state index >= 15 is 0 Å². The summed E-state index contributed by atoms with van der Waals surface area (Å²) in [6.45, 7) is 1.11. The molecule has 12 heteroatoms. The summed E-state index contributed by atoms with van der Waals surface area (Å²) < 4.78 is 37.6. The molecule has 2 amide bonds. The van der Waals surface area contributed by atoms with Crippen LogP contribution in [-0.2, 0) is 16.1 Å². The summed E-state index contributed by atoms with van der Waals surface area (Å²) in [6, 6.07) is 6.20. The van der Waals surface area contributed by atoms with Gasteiger partial charge >= 0.3 is 0 Å². The molecule has 196 valence electrons. The molecule has 0 atom stereocenters. The van der Waals surface area contributed by atoms with Crippen molar-refractivity contribution >= 4 is 28.3 Å². The van der Waals surface area contributed by atoms with E-state index in [-0.39, 0.29) is 41.1 Å². The average molecular weight is 540 g/mol. The third-order valence-electron chi connectivity index (χ3n) is 6.01. The lowest BCUT2D eigenvalue weighted by atomic mass is 9.95. The van der Waals surface area contributed by atoms with Gasteiger partial charge in [0, 0.05) is 30.1 Å². The molecule has 38 heavy (non-hydrogen) atoms. The fraction of sp³-hybridized carbons (Fsp3) is 0.346. The Kier molecular flexibility index (Phi) is 7.57. The number of methoxy groups -OCH3 is 1. The van der Waals surface area contributed by atoms with E-state index in [1.807, 2.05) is 0 Å². The zero-order valence-corrected chi connectivity index (χ0v) is 21.2. The lowest BCUT2D eigenvalue weighted by Crippen LogP contribution is -2.40. The number of halogens is 2. The van der Waals surface area contributed by atoms with E-state index in [1.165, 1.54) is 19.4 Å². The number of nitrogens with one attached hydrogen (secondary N) is 1. The predicted octanol–water partition coefficient (Wildman–Crippen LogP) is 3.92. The van der Waals surface area contributed by atoms with Gasteiger partial charge in [0.1, 0.15) is 18.1 Å². The van der Waals surface area contributed by atoms with Gasteiger partial charge in [-0.1, -0.05) is 23.3 Å². The molecule has 0 bridgehead atoms. The SMILES string of the molecule is COc1cnc(C(F)F)cc1-c1cc(CN2CCOCC2=O)ccc1C(=O)Nc1nnc(C#CC2CC2)s1. The van der Waals surface area contributed by atoms with E-state index in [2.05, 4.69) is 32.3 Å². The number of benzene rings is 1. The zero-order valence-electron chi connectivity index (χ0n) is 20.4. The molecule has 3 heterocycles. The number of alkyl halides is 2. The van der Waals surface area contributed by atoms with Gasteiger partial charge in [-0.15, -0.1) is 10.2 Å². The smallest absolute Gasteiger partial charge is 0.280 e. The highest BCUT2D eigenvalue weighted by Crippen LogP contribution is 2.36. The molecule has 2 aliphatic rings. The number of ether oxygens (including phenoxy) is 2.